The van der Waals surface area contributed by atoms with Crippen LogP contribution in [0.4, 0.5) is 22.0 Å². The highest BCUT2D eigenvalue weighted by Gasteiger charge is 2.31. The molecule has 0 unspecified atom stereocenters. The molecule has 0 heterocycles. The second kappa shape index (κ2) is 11.5. The number of ether oxygens (including phenoxy) is 2. The second-order valence-electron chi connectivity index (χ2n) is 9.78. The summed E-state index contributed by atoms with van der Waals surface area (Å²) in [4.78, 5) is 0. The fraction of sp³-hybridized carbons (Fsp3) is 0.400. The summed E-state index contributed by atoms with van der Waals surface area (Å²) >= 11 is 0. The first kappa shape index (κ1) is 27.0. The van der Waals surface area contributed by atoms with E-state index in [0.29, 0.717) is 17.0 Å². The lowest BCUT2D eigenvalue weighted by atomic mass is 9.77. The van der Waals surface area contributed by atoms with Crippen LogP contribution in [0.2, 0.25) is 0 Å². The molecule has 0 aromatic heterocycles. The summed E-state index contributed by atoms with van der Waals surface area (Å²) in [7, 11) is 0. The molecule has 0 atom stereocenters. The molecule has 3 aromatic rings. The molecule has 4 rings (SSSR count). The van der Waals surface area contributed by atoms with Gasteiger partial charge in [0.05, 0.1) is 0 Å². The molecule has 0 radical (unpaired) electrons. The molecule has 7 heteroatoms. The van der Waals surface area contributed by atoms with Crippen LogP contribution < -0.4 is 9.47 Å². The van der Waals surface area contributed by atoms with E-state index in [1.54, 1.807) is 6.92 Å². The highest BCUT2D eigenvalue weighted by atomic mass is 19.4. The van der Waals surface area contributed by atoms with Gasteiger partial charge in [0.15, 0.2) is 11.6 Å². The number of benzene rings is 3. The van der Waals surface area contributed by atoms with Gasteiger partial charge in [0, 0.05) is 5.56 Å². The third kappa shape index (κ3) is 6.82. The Hall–Kier alpha value is -3.09. The molecule has 0 N–H and O–H groups in total. The SMILES string of the molecule is CCCCC1CCC(c2ccc(-c3cc(F)c(F)c(Oc4ccc(OC(F)(F)F)cc4)c3C)cc2)CC1. The van der Waals surface area contributed by atoms with Gasteiger partial charge in [0.25, 0.3) is 0 Å². The minimum atomic E-state index is -4.83. The minimum absolute atomic E-state index is 0.0537. The maximum atomic E-state index is 14.7. The smallest absolute Gasteiger partial charge is 0.454 e. The zero-order valence-corrected chi connectivity index (χ0v) is 21.0. The Labute approximate surface area is 214 Å². The average molecular weight is 519 g/mol. The van der Waals surface area contributed by atoms with E-state index in [1.165, 1.54) is 62.6 Å². The van der Waals surface area contributed by atoms with E-state index >= 15 is 0 Å². The van der Waals surface area contributed by atoms with Gasteiger partial charge >= 0.3 is 6.36 Å². The summed E-state index contributed by atoms with van der Waals surface area (Å²) in [6.45, 7) is 3.85. The first-order valence-electron chi connectivity index (χ1n) is 12.8. The summed E-state index contributed by atoms with van der Waals surface area (Å²) < 4.78 is 75.8. The van der Waals surface area contributed by atoms with Crippen molar-refractivity contribution in [2.75, 3.05) is 0 Å². The van der Waals surface area contributed by atoms with Crippen LogP contribution in [-0.4, -0.2) is 6.36 Å². The molecule has 1 saturated carbocycles. The molecule has 3 aromatic carbocycles. The Kier molecular flexibility index (Phi) is 8.40. The van der Waals surface area contributed by atoms with Gasteiger partial charge in [0.1, 0.15) is 11.5 Å². The van der Waals surface area contributed by atoms with Gasteiger partial charge in [-0.25, -0.2) is 4.39 Å². The molecule has 1 aliphatic carbocycles. The van der Waals surface area contributed by atoms with Crippen molar-refractivity contribution in [1.82, 2.24) is 0 Å². The second-order valence-corrected chi connectivity index (χ2v) is 9.78. The topological polar surface area (TPSA) is 18.5 Å². The molecule has 0 aliphatic heterocycles. The van der Waals surface area contributed by atoms with Crippen LogP contribution in [0.5, 0.6) is 17.2 Å². The monoisotopic (exact) mass is 518 g/mol. The minimum Gasteiger partial charge on any atom is -0.454 e. The van der Waals surface area contributed by atoms with Crippen LogP contribution >= 0.6 is 0 Å². The van der Waals surface area contributed by atoms with Gasteiger partial charge in [-0.2, -0.15) is 4.39 Å². The maximum absolute atomic E-state index is 14.7. The highest BCUT2D eigenvalue weighted by molar-refractivity contribution is 5.70. The third-order valence-corrected chi connectivity index (χ3v) is 7.21. The first-order chi connectivity index (χ1) is 17.6. The average Bonchev–Trinajstić information content (AvgIpc) is 2.88. The molecular formula is C30H31F5O2. The largest absolute Gasteiger partial charge is 0.573 e. The number of alkyl halides is 3. The van der Waals surface area contributed by atoms with Crippen LogP contribution in [0.1, 0.15) is 68.9 Å². The lowest BCUT2D eigenvalue weighted by Crippen LogP contribution is -2.16. The van der Waals surface area contributed by atoms with Crippen LogP contribution in [0.15, 0.2) is 54.6 Å². The van der Waals surface area contributed by atoms with E-state index < -0.39 is 23.7 Å². The van der Waals surface area contributed by atoms with Crippen molar-refractivity contribution in [2.24, 2.45) is 5.92 Å². The summed E-state index contributed by atoms with van der Waals surface area (Å²) in [6, 6.07) is 13.6. The number of unbranched alkanes of at least 4 members (excludes halogenated alkanes) is 1. The number of hydrogen-bond acceptors (Lipinski definition) is 2. The highest BCUT2D eigenvalue weighted by Crippen LogP contribution is 2.40. The quantitative estimate of drug-likeness (QED) is 0.276. The molecule has 0 bridgehead atoms. The van der Waals surface area contributed by atoms with Gasteiger partial charge < -0.3 is 9.47 Å². The van der Waals surface area contributed by atoms with Crippen molar-refractivity contribution in [3.05, 3.63) is 77.4 Å². The van der Waals surface area contributed by atoms with E-state index in [0.717, 1.165) is 29.7 Å². The Morgan fingerprint density at radius 3 is 2.08 bits per heavy atom. The number of hydrogen-bond donors (Lipinski definition) is 0. The van der Waals surface area contributed by atoms with Crippen molar-refractivity contribution in [1.29, 1.82) is 0 Å². The molecule has 198 valence electrons. The van der Waals surface area contributed by atoms with E-state index in [9.17, 15) is 22.0 Å². The normalized spacial score (nSPS) is 18.0. The fourth-order valence-corrected chi connectivity index (χ4v) is 5.15. The summed E-state index contributed by atoms with van der Waals surface area (Å²) in [5.41, 5.74) is 2.87. The third-order valence-electron chi connectivity index (χ3n) is 7.21. The van der Waals surface area contributed by atoms with E-state index in [2.05, 4.69) is 23.8 Å². The standard InChI is InChI=1S/C30H31F5O2/c1-3-4-5-20-6-8-21(9-7-20)22-10-12-23(13-11-22)26-18-27(31)28(32)29(19(26)2)36-24-14-16-25(17-15-24)37-30(33,34)35/h10-18,20-21H,3-9H2,1-2H3. The first-order valence-corrected chi connectivity index (χ1v) is 12.8. The van der Waals surface area contributed by atoms with Crippen LogP contribution in [0.25, 0.3) is 11.1 Å². The Bertz CT molecular complexity index is 1180. The molecule has 2 nitrogen and oxygen atoms in total. The molecule has 0 saturated heterocycles. The Morgan fingerprint density at radius 2 is 1.49 bits per heavy atom. The van der Waals surface area contributed by atoms with Crippen molar-refractivity contribution in [3.63, 3.8) is 0 Å². The van der Waals surface area contributed by atoms with Gasteiger partial charge in [-0.05, 0) is 91.5 Å². The molecular weight excluding hydrogens is 487 g/mol. The lowest BCUT2D eigenvalue weighted by molar-refractivity contribution is -0.274. The van der Waals surface area contributed by atoms with Crippen LogP contribution in [0.3, 0.4) is 0 Å². The lowest BCUT2D eigenvalue weighted by Gasteiger charge is -2.29. The fourth-order valence-electron chi connectivity index (χ4n) is 5.15. The Balaban J connectivity index is 1.50. The predicted molar refractivity (Wildman–Crippen MR) is 134 cm³/mol. The Morgan fingerprint density at radius 1 is 0.865 bits per heavy atom. The zero-order chi connectivity index (χ0) is 26.6. The summed E-state index contributed by atoms with van der Waals surface area (Å²) in [5.74, 6) is -1.58. The van der Waals surface area contributed by atoms with Crippen molar-refractivity contribution >= 4 is 0 Å². The van der Waals surface area contributed by atoms with Crippen molar-refractivity contribution < 1.29 is 31.4 Å². The van der Waals surface area contributed by atoms with Gasteiger partial charge in [0.2, 0.25) is 5.82 Å². The van der Waals surface area contributed by atoms with E-state index in [4.69, 9.17) is 4.74 Å². The zero-order valence-electron chi connectivity index (χ0n) is 21.0. The predicted octanol–water partition coefficient (Wildman–Crippen LogP) is 10.1. The molecule has 0 spiro atoms. The van der Waals surface area contributed by atoms with E-state index in [-0.39, 0.29) is 11.5 Å². The molecule has 0 amide bonds. The van der Waals surface area contributed by atoms with Crippen molar-refractivity contribution in [3.8, 4) is 28.4 Å². The van der Waals surface area contributed by atoms with Crippen molar-refractivity contribution in [2.45, 2.75) is 71.1 Å². The summed E-state index contributed by atoms with van der Waals surface area (Å²) in [6.07, 6.45) is 3.85. The van der Waals surface area contributed by atoms with Gasteiger partial charge in [-0.1, -0.05) is 50.5 Å². The van der Waals surface area contributed by atoms with Crippen LogP contribution in [-0.2, 0) is 0 Å². The number of halogens is 5. The maximum Gasteiger partial charge on any atom is 0.573 e. The van der Waals surface area contributed by atoms with E-state index in [1.807, 2.05) is 12.1 Å². The number of rotatable bonds is 8. The molecule has 1 fully saturated rings. The van der Waals surface area contributed by atoms with Crippen LogP contribution in [0, 0.1) is 24.5 Å². The van der Waals surface area contributed by atoms with Gasteiger partial charge in [-0.3, -0.25) is 0 Å². The summed E-state index contributed by atoms with van der Waals surface area (Å²) in [5, 5.41) is 0. The molecule has 1 aliphatic rings. The van der Waals surface area contributed by atoms with Gasteiger partial charge in [-0.15, -0.1) is 13.2 Å². The molecule has 37 heavy (non-hydrogen) atoms.